The Kier molecular flexibility index (Phi) is 8.69. The van der Waals surface area contributed by atoms with Crippen molar-refractivity contribution in [3.05, 3.63) is 18.2 Å². The summed E-state index contributed by atoms with van der Waals surface area (Å²) in [6.07, 6.45) is 5.56. The number of piperazine rings is 1. The summed E-state index contributed by atoms with van der Waals surface area (Å²) in [4.78, 5) is 13.9. The van der Waals surface area contributed by atoms with Gasteiger partial charge in [-0.05, 0) is 39.7 Å². The number of aromatic nitrogens is 5. The van der Waals surface area contributed by atoms with Gasteiger partial charge in [0, 0.05) is 64.7 Å². The molecule has 192 valence electrons. The van der Waals surface area contributed by atoms with Crippen LogP contribution in [0.2, 0.25) is 0 Å². The molecule has 0 unspecified atom stereocenters. The average molecular weight is 485 g/mol. The maximum atomic E-state index is 5.45. The number of hydrogen-bond donors (Lipinski definition) is 1. The fraction of sp³-hybridized carbons (Fsp3) is 0.680. The molecule has 0 amide bonds. The van der Waals surface area contributed by atoms with Gasteiger partial charge in [0.1, 0.15) is 0 Å². The van der Waals surface area contributed by atoms with E-state index in [4.69, 9.17) is 9.26 Å². The Bertz CT molecular complexity index is 1060. The molecule has 5 rings (SSSR count). The predicted octanol–water partition coefficient (Wildman–Crippen LogP) is 3.29. The van der Waals surface area contributed by atoms with E-state index in [9.17, 15) is 0 Å². The van der Waals surface area contributed by atoms with Crippen molar-refractivity contribution in [1.29, 1.82) is 0 Å². The van der Waals surface area contributed by atoms with Crippen LogP contribution in [0.15, 0.2) is 16.9 Å². The first kappa shape index (κ1) is 25.5. The zero-order chi connectivity index (χ0) is 24.8. The average Bonchev–Trinajstić information content (AvgIpc) is 3.48. The molecule has 5 heterocycles. The summed E-state index contributed by atoms with van der Waals surface area (Å²) in [5.74, 6) is 1.89. The lowest BCUT2D eigenvalue weighted by atomic mass is 10.1. The second-order valence-corrected chi connectivity index (χ2v) is 9.92. The second-order valence-electron chi connectivity index (χ2n) is 9.92. The lowest BCUT2D eigenvalue weighted by molar-refractivity contribution is 0.0905. The van der Waals surface area contributed by atoms with E-state index >= 15 is 0 Å². The van der Waals surface area contributed by atoms with E-state index < -0.39 is 0 Å². The van der Waals surface area contributed by atoms with Crippen molar-refractivity contribution in [2.75, 3.05) is 58.3 Å². The topological polar surface area (TPSA) is 97.4 Å². The third-order valence-corrected chi connectivity index (χ3v) is 6.51. The first-order chi connectivity index (χ1) is 16.9. The summed E-state index contributed by atoms with van der Waals surface area (Å²) in [6.45, 7) is 17.0. The smallest absolute Gasteiger partial charge is 0.261 e. The molecule has 0 aromatic carbocycles. The molecule has 2 fully saturated rings. The molecule has 35 heavy (non-hydrogen) atoms. The monoisotopic (exact) mass is 484 g/mol. The van der Waals surface area contributed by atoms with Crippen LogP contribution in [0.5, 0.6) is 0 Å². The van der Waals surface area contributed by atoms with Gasteiger partial charge in [-0.25, -0.2) is 9.67 Å². The zero-order valence-corrected chi connectivity index (χ0v) is 21.8. The normalized spacial score (nSPS) is 18.1. The molecule has 0 spiro atoms. The lowest BCUT2D eigenvalue weighted by Gasteiger charge is -2.33. The van der Waals surface area contributed by atoms with Crippen molar-refractivity contribution >= 4 is 16.7 Å². The highest BCUT2D eigenvalue weighted by Crippen LogP contribution is 2.34. The minimum absolute atomic E-state index is 0.345. The summed E-state index contributed by atoms with van der Waals surface area (Å²) >= 11 is 0. The number of pyridine rings is 1. The fourth-order valence-electron chi connectivity index (χ4n) is 4.58. The fourth-order valence-corrected chi connectivity index (χ4v) is 4.58. The van der Waals surface area contributed by atoms with Gasteiger partial charge >= 0.3 is 0 Å². The Morgan fingerprint density at radius 2 is 1.86 bits per heavy atom. The number of rotatable bonds is 6. The van der Waals surface area contributed by atoms with Crippen LogP contribution in [0.4, 0.5) is 5.69 Å². The number of aryl methyl sites for hydroxylation is 2. The van der Waals surface area contributed by atoms with E-state index in [0.29, 0.717) is 17.8 Å². The van der Waals surface area contributed by atoms with Crippen LogP contribution in [0.3, 0.4) is 0 Å². The molecule has 10 heteroatoms. The summed E-state index contributed by atoms with van der Waals surface area (Å²) in [5.41, 5.74) is 2.62. The number of nitrogens with one attached hydrogen (secondary N) is 1. The number of ether oxygens (including phenoxy) is 1. The number of hydrogen-bond acceptors (Lipinski definition) is 9. The minimum Gasteiger partial charge on any atom is -0.381 e. The first-order valence-corrected chi connectivity index (χ1v) is 12.8. The van der Waals surface area contributed by atoms with Crippen molar-refractivity contribution < 1.29 is 9.26 Å². The second kappa shape index (κ2) is 11.9. The molecule has 10 nitrogen and oxygen atoms in total. The molecule has 1 N–H and O–H groups in total. The van der Waals surface area contributed by atoms with Gasteiger partial charge in [-0.15, -0.1) is 0 Å². The maximum absolute atomic E-state index is 5.45. The minimum atomic E-state index is 0.345. The Morgan fingerprint density at radius 3 is 2.49 bits per heavy atom. The molecular weight excluding hydrogens is 444 g/mol. The summed E-state index contributed by atoms with van der Waals surface area (Å²) in [6, 6.07) is 0.345. The molecule has 2 aliphatic rings. The standard InChI is InChI=1S/C16H20N6O2.C9H20N2/c1-3-22-15-12(9-18-22)14(20-11-4-6-23-7-5-11)13(8-17-15)16-19-10(2)21-24-16;1-9(2)8-11-6-4-10(3)5-7-11/h8-9,11H,3-7H2,1-2H3,(H,17,20);9H,4-8H2,1-3H3. The maximum Gasteiger partial charge on any atom is 0.261 e. The van der Waals surface area contributed by atoms with E-state index in [1.807, 2.05) is 10.9 Å². The molecular formula is C25H40N8O2. The van der Waals surface area contributed by atoms with E-state index in [2.05, 4.69) is 63.2 Å². The van der Waals surface area contributed by atoms with Crippen LogP contribution >= 0.6 is 0 Å². The molecule has 0 atom stereocenters. The predicted molar refractivity (Wildman–Crippen MR) is 137 cm³/mol. The van der Waals surface area contributed by atoms with E-state index in [1.54, 1.807) is 13.1 Å². The molecule has 3 aromatic heterocycles. The molecule has 0 bridgehead atoms. The Morgan fingerprint density at radius 1 is 1.11 bits per heavy atom. The van der Waals surface area contributed by atoms with Crippen molar-refractivity contribution in [3.63, 3.8) is 0 Å². The van der Waals surface area contributed by atoms with Crippen molar-refractivity contribution in [1.82, 2.24) is 34.7 Å². The Labute approximate surface area is 208 Å². The van der Waals surface area contributed by atoms with Gasteiger partial charge in [0.25, 0.3) is 5.89 Å². The van der Waals surface area contributed by atoms with E-state index in [1.165, 1.54) is 32.7 Å². The van der Waals surface area contributed by atoms with Crippen LogP contribution in [-0.2, 0) is 11.3 Å². The van der Waals surface area contributed by atoms with Crippen LogP contribution in [0.25, 0.3) is 22.5 Å². The summed E-state index contributed by atoms with van der Waals surface area (Å²) in [5, 5.41) is 12.9. The zero-order valence-electron chi connectivity index (χ0n) is 21.8. The lowest BCUT2D eigenvalue weighted by Crippen LogP contribution is -2.45. The van der Waals surface area contributed by atoms with Gasteiger partial charge < -0.3 is 24.4 Å². The molecule has 3 aromatic rings. The van der Waals surface area contributed by atoms with Gasteiger partial charge in [0.05, 0.1) is 22.8 Å². The van der Waals surface area contributed by atoms with Crippen LogP contribution in [0, 0.1) is 12.8 Å². The van der Waals surface area contributed by atoms with Crippen LogP contribution in [-0.4, -0.2) is 93.7 Å². The number of likely N-dealkylation sites (N-methyl/N-ethyl adjacent to an activating group) is 1. The van der Waals surface area contributed by atoms with Crippen molar-refractivity contribution in [2.24, 2.45) is 5.92 Å². The molecule has 0 saturated carbocycles. The summed E-state index contributed by atoms with van der Waals surface area (Å²) in [7, 11) is 2.20. The third-order valence-electron chi connectivity index (χ3n) is 6.51. The number of nitrogens with zero attached hydrogens (tertiary/aromatic N) is 7. The quantitative estimate of drug-likeness (QED) is 0.565. The molecule has 2 saturated heterocycles. The van der Waals surface area contributed by atoms with Crippen LogP contribution in [0.1, 0.15) is 39.4 Å². The van der Waals surface area contributed by atoms with E-state index in [0.717, 1.165) is 60.8 Å². The van der Waals surface area contributed by atoms with Gasteiger partial charge in [0.2, 0.25) is 0 Å². The largest absolute Gasteiger partial charge is 0.381 e. The highest BCUT2D eigenvalue weighted by atomic mass is 16.5. The Balaban J connectivity index is 0.000000221. The highest BCUT2D eigenvalue weighted by molar-refractivity contribution is 5.96. The molecule has 0 radical (unpaired) electrons. The van der Waals surface area contributed by atoms with Crippen molar-refractivity contribution in [2.45, 2.75) is 53.1 Å². The number of fused-ring (bicyclic) bond motifs is 1. The van der Waals surface area contributed by atoms with Gasteiger partial charge in [0.15, 0.2) is 11.5 Å². The van der Waals surface area contributed by atoms with Gasteiger partial charge in [-0.1, -0.05) is 19.0 Å². The van der Waals surface area contributed by atoms with Gasteiger partial charge in [-0.3, -0.25) is 0 Å². The molecule has 2 aliphatic heterocycles. The third kappa shape index (κ3) is 6.56. The van der Waals surface area contributed by atoms with Gasteiger partial charge in [-0.2, -0.15) is 10.1 Å². The summed E-state index contributed by atoms with van der Waals surface area (Å²) < 4.78 is 12.7. The first-order valence-electron chi connectivity index (χ1n) is 12.8. The Hall–Kier alpha value is -2.56. The molecule has 0 aliphatic carbocycles. The van der Waals surface area contributed by atoms with Crippen LogP contribution < -0.4 is 5.32 Å². The highest BCUT2D eigenvalue weighted by Gasteiger charge is 2.22. The number of anilines is 1. The van der Waals surface area contributed by atoms with Crippen molar-refractivity contribution in [3.8, 4) is 11.5 Å². The SMILES string of the molecule is CC(C)CN1CCN(C)CC1.CCn1ncc2c(NC3CCOCC3)c(-c3nc(C)no3)cnc21. The van der Waals surface area contributed by atoms with E-state index in [-0.39, 0.29) is 0 Å².